The molecule has 0 bridgehead atoms. The van der Waals surface area contributed by atoms with Gasteiger partial charge in [-0.15, -0.1) is 11.3 Å². The Morgan fingerprint density at radius 2 is 1.96 bits per heavy atom. The smallest absolute Gasteiger partial charge is 0.315 e. The van der Waals surface area contributed by atoms with Crippen molar-refractivity contribution in [2.24, 2.45) is 0 Å². The van der Waals surface area contributed by atoms with E-state index in [9.17, 15) is 9.18 Å². The van der Waals surface area contributed by atoms with E-state index in [-0.39, 0.29) is 17.9 Å². The molecule has 0 saturated carbocycles. The first-order chi connectivity index (χ1) is 13.0. The minimum atomic E-state index is -0.301. The average Bonchev–Trinajstić information content (AvgIpc) is 3.06. The number of halogens is 1. The van der Waals surface area contributed by atoms with Gasteiger partial charge in [0.1, 0.15) is 5.82 Å². The molecule has 0 fully saturated rings. The van der Waals surface area contributed by atoms with E-state index in [0.717, 1.165) is 12.0 Å². The Morgan fingerprint density at radius 1 is 1.15 bits per heavy atom. The van der Waals surface area contributed by atoms with Gasteiger partial charge in [-0.1, -0.05) is 30.3 Å². The SMILES string of the molecule is CN(C)C(CNC(=O)NCc1cccc(F)c1)Cc1csc2ccccc12. The van der Waals surface area contributed by atoms with Crippen molar-refractivity contribution in [3.8, 4) is 0 Å². The summed E-state index contributed by atoms with van der Waals surface area (Å²) in [4.78, 5) is 14.2. The minimum absolute atomic E-state index is 0.183. The molecule has 142 valence electrons. The van der Waals surface area contributed by atoms with E-state index in [1.807, 2.05) is 14.1 Å². The lowest BCUT2D eigenvalue weighted by molar-refractivity contribution is 0.231. The predicted molar refractivity (Wildman–Crippen MR) is 110 cm³/mol. The van der Waals surface area contributed by atoms with Crippen LogP contribution in [0.25, 0.3) is 10.1 Å². The molecule has 4 nitrogen and oxygen atoms in total. The Balaban J connectivity index is 1.54. The Kier molecular flexibility index (Phi) is 6.42. The summed E-state index contributed by atoms with van der Waals surface area (Å²) in [6.07, 6.45) is 0.862. The Morgan fingerprint density at radius 3 is 2.74 bits per heavy atom. The van der Waals surface area contributed by atoms with Crippen molar-refractivity contribution in [2.45, 2.75) is 19.0 Å². The molecule has 2 aromatic carbocycles. The maximum atomic E-state index is 13.2. The third-order valence-electron chi connectivity index (χ3n) is 4.59. The molecule has 0 aliphatic carbocycles. The zero-order valence-corrected chi connectivity index (χ0v) is 16.4. The Bertz CT molecular complexity index is 909. The Hall–Kier alpha value is -2.44. The number of hydrogen-bond donors (Lipinski definition) is 2. The van der Waals surface area contributed by atoms with Gasteiger partial charge in [0.25, 0.3) is 0 Å². The number of fused-ring (bicyclic) bond motifs is 1. The van der Waals surface area contributed by atoms with Crippen LogP contribution >= 0.6 is 11.3 Å². The second-order valence-corrected chi connectivity index (χ2v) is 7.68. The first-order valence-corrected chi connectivity index (χ1v) is 9.78. The molecule has 0 radical (unpaired) electrons. The molecule has 6 heteroatoms. The lowest BCUT2D eigenvalue weighted by Crippen LogP contribution is -2.44. The molecule has 1 unspecified atom stereocenters. The lowest BCUT2D eigenvalue weighted by atomic mass is 10.0. The van der Waals surface area contributed by atoms with E-state index in [1.54, 1.807) is 23.5 Å². The molecule has 0 aliphatic rings. The molecule has 3 rings (SSSR count). The molecular formula is C21H24FN3OS. The molecule has 0 spiro atoms. The summed E-state index contributed by atoms with van der Waals surface area (Å²) < 4.78 is 14.5. The van der Waals surface area contributed by atoms with Gasteiger partial charge in [-0.2, -0.15) is 0 Å². The highest BCUT2D eigenvalue weighted by Crippen LogP contribution is 2.27. The third kappa shape index (κ3) is 5.28. The molecular weight excluding hydrogens is 361 g/mol. The van der Waals surface area contributed by atoms with Gasteiger partial charge >= 0.3 is 6.03 Å². The number of nitrogens with one attached hydrogen (secondary N) is 2. The number of urea groups is 1. The van der Waals surface area contributed by atoms with Crippen LogP contribution < -0.4 is 10.6 Å². The average molecular weight is 386 g/mol. The van der Waals surface area contributed by atoms with Crippen LogP contribution in [0.15, 0.2) is 53.9 Å². The van der Waals surface area contributed by atoms with Crippen LogP contribution in [-0.4, -0.2) is 37.6 Å². The monoisotopic (exact) mass is 385 g/mol. The van der Waals surface area contributed by atoms with Gasteiger partial charge in [0.15, 0.2) is 0 Å². The van der Waals surface area contributed by atoms with E-state index in [2.05, 4.69) is 45.2 Å². The zero-order valence-electron chi connectivity index (χ0n) is 15.5. The van der Waals surface area contributed by atoms with E-state index in [1.165, 1.54) is 27.8 Å². The third-order valence-corrected chi connectivity index (χ3v) is 5.60. The summed E-state index contributed by atoms with van der Waals surface area (Å²) in [5.41, 5.74) is 2.04. The fourth-order valence-electron chi connectivity index (χ4n) is 2.98. The van der Waals surface area contributed by atoms with Crippen LogP contribution in [0.5, 0.6) is 0 Å². The van der Waals surface area contributed by atoms with Gasteiger partial charge < -0.3 is 15.5 Å². The summed E-state index contributed by atoms with van der Waals surface area (Å²) in [7, 11) is 4.04. The standard InChI is InChI=1S/C21H24FN3OS/c1-25(2)18(11-16-14-27-20-9-4-3-8-19(16)20)13-24-21(26)23-12-15-6-5-7-17(22)10-15/h3-10,14,18H,11-13H2,1-2H3,(H2,23,24,26). The van der Waals surface area contributed by atoms with Crippen molar-refractivity contribution in [1.82, 2.24) is 15.5 Å². The normalized spacial score (nSPS) is 12.3. The zero-order chi connectivity index (χ0) is 19.2. The predicted octanol–water partition coefficient (Wildman–Crippen LogP) is 4.01. The molecule has 1 aromatic heterocycles. The summed E-state index contributed by atoms with van der Waals surface area (Å²) in [5.74, 6) is -0.301. The van der Waals surface area contributed by atoms with E-state index >= 15 is 0 Å². The van der Waals surface area contributed by atoms with Crippen LogP contribution in [0.1, 0.15) is 11.1 Å². The largest absolute Gasteiger partial charge is 0.337 e. The van der Waals surface area contributed by atoms with Crippen molar-refractivity contribution in [3.05, 3.63) is 70.9 Å². The number of benzene rings is 2. The second-order valence-electron chi connectivity index (χ2n) is 6.77. The molecule has 3 aromatic rings. The highest BCUT2D eigenvalue weighted by molar-refractivity contribution is 7.17. The number of carbonyl (C=O) groups excluding carboxylic acids is 1. The number of rotatable bonds is 7. The van der Waals surface area contributed by atoms with E-state index in [4.69, 9.17) is 0 Å². The van der Waals surface area contributed by atoms with Crippen molar-refractivity contribution >= 4 is 27.5 Å². The number of hydrogen-bond acceptors (Lipinski definition) is 3. The lowest BCUT2D eigenvalue weighted by Gasteiger charge is -2.24. The molecule has 2 amide bonds. The van der Waals surface area contributed by atoms with Gasteiger partial charge in [0.05, 0.1) is 0 Å². The number of nitrogens with zero attached hydrogens (tertiary/aromatic N) is 1. The number of amides is 2. The molecule has 0 saturated heterocycles. The van der Waals surface area contributed by atoms with Crippen molar-refractivity contribution in [2.75, 3.05) is 20.6 Å². The first kappa shape index (κ1) is 19.3. The van der Waals surface area contributed by atoms with Crippen molar-refractivity contribution < 1.29 is 9.18 Å². The molecule has 2 N–H and O–H groups in total. The number of thiophene rings is 1. The van der Waals surface area contributed by atoms with Crippen LogP contribution in [0.2, 0.25) is 0 Å². The first-order valence-electron chi connectivity index (χ1n) is 8.90. The van der Waals surface area contributed by atoms with E-state index in [0.29, 0.717) is 13.1 Å². The fourth-order valence-corrected chi connectivity index (χ4v) is 3.96. The second kappa shape index (κ2) is 8.97. The summed E-state index contributed by atoms with van der Waals surface area (Å²) >= 11 is 1.75. The van der Waals surface area contributed by atoms with Crippen LogP contribution in [0, 0.1) is 5.82 Å². The molecule has 0 aliphatic heterocycles. The number of likely N-dealkylation sites (N-methyl/N-ethyl adjacent to an activating group) is 1. The molecule has 1 atom stereocenters. The van der Waals surface area contributed by atoms with Crippen LogP contribution in [0.3, 0.4) is 0 Å². The molecule has 1 heterocycles. The van der Waals surface area contributed by atoms with Gasteiger partial charge in [-0.05, 0) is 60.6 Å². The quantitative estimate of drug-likeness (QED) is 0.645. The highest BCUT2D eigenvalue weighted by Gasteiger charge is 2.16. The van der Waals surface area contributed by atoms with E-state index < -0.39 is 0 Å². The summed E-state index contributed by atoms with van der Waals surface area (Å²) in [5, 5.41) is 9.19. The maximum Gasteiger partial charge on any atom is 0.315 e. The van der Waals surface area contributed by atoms with Crippen LogP contribution in [0.4, 0.5) is 9.18 Å². The highest BCUT2D eigenvalue weighted by atomic mass is 32.1. The Labute approximate surface area is 163 Å². The summed E-state index contributed by atoms with van der Waals surface area (Å²) in [6, 6.07) is 14.6. The fraction of sp³-hybridized carbons (Fsp3) is 0.286. The number of carbonyl (C=O) groups is 1. The maximum absolute atomic E-state index is 13.2. The van der Waals surface area contributed by atoms with Gasteiger partial charge in [0.2, 0.25) is 0 Å². The van der Waals surface area contributed by atoms with Gasteiger partial charge in [-0.25, -0.2) is 9.18 Å². The van der Waals surface area contributed by atoms with Crippen LogP contribution in [-0.2, 0) is 13.0 Å². The topological polar surface area (TPSA) is 44.4 Å². The van der Waals surface area contributed by atoms with Gasteiger partial charge in [-0.3, -0.25) is 0 Å². The molecule has 27 heavy (non-hydrogen) atoms. The van der Waals surface area contributed by atoms with Crippen molar-refractivity contribution in [1.29, 1.82) is 0 Å². The summed E-state index contributed by atoms with van der Waals surface area (Å²) in [6.45, 7) is 0.831. The van der Waals surface area contributed by atoms with Crippen molar-refractivity contribution in [3.63, 3.8) is 0 Å². The van der Waals surface area contributed by atoms with Gasteiger partial charge in [0, 0.05) is 23.8 Å². The minimum Gasteiger partial charge on any atom is -0.337 e.